The smallest absolute Gasteiger partial charge is 0.424 e. The highest BCUT2D eigenvalue weighted by Crippen LogP contribution is 2.24. The number of cyclic esters (lactones) is 1. The molecular formula is C20H19N3O5S. The minimum absolute atomic E-state index is 0.282. The third-order valence-corrected chi connectivity index (χ3v) is 4.79. The number of carbonyl (C=O) groups excluding carboxylic acids is 1. The lowest BCUT2D eigenvalue weighted by Gasteiger charge is -2.14. The molecular weight excluding hydrogens is 394 g/mol. The highest BCUT2D eigenvalue weighted by atomic mass is 32.1. The molecule has 1 N–H and O–H groups in total. The van der Waals surface area contributed by atoms with Gasteiger partial charge in [-0.2, -0.15) is 0 Å². The maximum Gasteiger partial charge on any atom is 0.424 e. The quantitative estimate of drug-likeness (QED) is 0.644. The SMILES string of the molecule is CCOC(=S)NC[C@H]1CN(c2ccc(-n3c(=O)oc4ccccc43)cc2)C(=O)O1. The van der Waals surface area contributed by atoms with Crippen LogP contribution in [-0.4, -0.2) is 41.6 Å². The van der Waals surface area contributed by atoms with Gasteiger partial charge in [0.15, 0.2) is 5.58 Å². The van der Waals surface area contributed by atoms with E-state index in [1.165, 1.54) is 9.47 Å². The Bertz CT molecular complexity index is 1110. The van der Waals surface area contributed by atoms with Crippen LogP contribution in [0.3, 0.4) is 0 Å². The van der Waals surface area contributed by atoms with Crippen LogP contribution >= 0.6 is 12.2 Å². The number of amides is 1. The monoisotopic (exact) mass is 413 g/mol. The van der Waals surface area contributed by atoms with Gasteiger partial charge in [-0.1, -0.05) is 12.1 Å². The fourth-order valence-electron chi connectivity index (χ4n) is 3.21. The Morgan fingerprint density at radius 1 is 1.17 bits per heavy atom. The summed E-state index contributed by atoms with van der Waals surface area (Å²) in [6.07, 6.45) is -0.779. The number of hydrogen-bond donors (Lipinski definition) is 1. The maximum absolute atomic E-state index is 12.2. The molecule has 0 radical (unpaired) electrons. The molecule has 0 saturated carbocycles. The topological polar surface area (TPSA) is 85.9 Å². The molecule has 0 spiro atoms. The van der Waals surface area contributed by atoms with Crippen LogP contribution in [0.1, 0.15) is 6.92 Å². The van der Waals surface area contributed by atoms with Crippen molar-refractivity contribution in [3.63, 3.8) is 0 Å². The Morgan fingerprint density at radius 2 is 1.90 bits per heavy atom. The predicted octanol–water partition coefficient (Wildman–Crippen LogP) is 2.82. The summed E-state index contributed by atoms with van der Waals surface area (Å²) in [6.45, 7) is 3.07. The zero-order chi connectivity index (χ0) is 20.4. The predicted molar refractivity (Wildman–Crippen MR) is 112 cm³/mol. The van der Waals surface area contributed by atoms with Gasteiger partial charge in [0, 0.05) is 5.69 Å². The number of anilines is 1. The summed E-state index contributed by atoms with van der Waals surface area (Å²) in [4.78, 5) is 26.0. The summed E-state index contributed by atoms with van der Waals surface area (Å²) in [5.41, 5.74) is 2.53. The zero-order valence-corrected chi connectivity index (χ0v) is 16.5. The Kier molecular flexibility index (Phi) is 5.22. The lowest BCUT2D eigenvalue weighted by Crippen LogP contribution is -2.34. The van der Waals surface area contributed by atoms with Gasteiger partial charge in [-0.25, -0.2) is 14.2 Å². The highest BCUT2D eigenvalue weighted by molar-refractivity contribution is 7.80. The number of nitrogens with zero attached hydrogens (tertiary/aromatic N) is 2. The molecule has 8 nitrogen and oxygen atoms in total. The van der Waals surface area contributed by atoms with E-state index in [4.69, 9.17) is 26.1 Å². The van der Waals surface area contributed by atoms with Crippen molar-refractivity contribution >= 4 is 40.3 Å². The van der Waals surface area contributed by atoms with Crippen LogP contribution in [0.2, 0.25) is 0 Å². The number of oxazole rings is 1. The first-order valence-electron chi connectivity index (χ1n) is 9.16. The van der Waals surface area contributed by atoms with Gasteiger partial charge in [0.2, 0.25) is 0 Å². The zero-order valence-electron chi connectivity index (χ0n) is 15.7. The molecule has 1 atom stereocenters. The Hall–Kier alpha value is -3.33. The Morgan fingerprint density at radius 3 is 2.66 bits per heavy atom. The van der Waals surface area contributed by atoms with E-state index >= 15 is 0 Å². The lowest BCUT2D eigenvalue weighted by atomic mass is 10.2. The average molecular weight is 413 g/mol. The molecule has 1 aliphatic rings. The van der Waals surface area contributed by atoms with Crippen LogP contribution in [0.25, 0.3) is 16.8 Å². The van der Waals surface area contributed by atoms with Gasteiger partial charge in [-0.05, 0) is 55.5 Å². The van der Waals surface area contributed by atoms with E-state index in [2.05, 4.69) is 5.32 Å². The van der Waals surface area contributed by atoms with E-state index in [0.29, 0.717) is 42.2 Å². The largest absolute Gasteiger partial charge is 0.471 e. The molecule has 1 aromatic heterocycles. The van der Waals surface area contributed by atoms with E-state index in [9.17, 15) is 9.59 Å². The molecule has 1 fully saturated rings. The van der Waals surface area contributed by atoms with E-state index < -0.39 is 11.8 Å². The number of aromatic nitrogens is 1. The van der Waals surface area contributed by atoms with Crippen molar-refractivity contribution in [1.82, 2.24) is 9.88 Å². The first kappa shape index (κ1) is 19.0. The highest BCUT2D eigenvalue weighted by Gasteiger charge is 2.32. The third kappa shape index (κ3) is 3.81. The van der Waals surface area contributed by atoms with Gasteiger partial charge in [0.25, 0.3) is 5.17 Å². The van der Waals surface area contributed by atoms with Crippen molar-refractivity contribution in [2.75, 3.05) is 24.6 Å². The van der Waals surface area contributed by atoms with E-state index in [0.717, 1.165) is 0 Å². The number of ether oxygens (including phenoxy) is 2. The summed E-state index contributed by atoms with van der Waals surface area (Å²) in [7, 11) is 0. The molecule has 0 unspecified atom stereocenters. The van der Waals surface area contributed by atoms with Gasteiger partial charge >= 0.3 is 11.8 Å². The van der Waals surface area contributed by atoms with E-state index in [-0.39, 0.29) is 11.3 Å². The summed E-state index contributed by atoms with van der Waals surface area (Å²) < 4.78 is 17.3. The lowest BCUT2D eigenvalue weighted by molar-refractivity contribution is 0.141. The number of rotatable bonds is 5. The van der Waals surface area contributed by atoms with Crippen LogP contribution in [-0.2, 0) is 9.47 Å². The van der Waals surface area contributed by atoms with Gasteiger partial charge < -0.3 is 19.2 Å². The molecule has 29 heavy (non-hydrogen) atoms. The van der Waals surface area contributed by atoms with Gasteiger partial charge in [-0.15, -0.1) is 0 Å². The molecule has 1 saturated heterocycles. The summed E-state index contributed by atoms with van der Waals surface area (Å²) in [5, 5.41) is 3.21. The second-order valence-corrected chi connectivity index (χ2v) is 6.78. The molecule has 2 aromatic carbocycles. The molecule has 2 heterocycles. The minimum Gasteiger partial charge on any atom is -0.471 e. The molecule has 1 aliphatic heterocycles. The van der Waals surface area contributed by atoms with Crippen LogP contribution in [0.5, 0.6) is 0 Å². The Balaban J connectivity index is 1.49. The molecule has 1 amide bonds. The third-order valence-electron chi connectivity index (χ3n) is 4.53. The first-order chi connectivity index (χ1) is 14.1. The molecule has 0 bridgehead atoms. The number of thiocarbonyl (C=S) groups is 1. The van der Waals surface area contributed by atoms with E-state index in [1.54, 1.807) is 30.3 Å². The van der Waals surface area contributed by atoms with Crippen molar-refractivity contribution in [3.05, 3.63) is 59.1 Å². The molecule has 9 heteroatoms. The van der Waals surface area contributed by atoms with Gasteiger partial charge in [0.05, 0.1) is 30.9 Å². The second-order valence-electron chi connectivity index (χ2n) is 6.41. The minimum atomic E-state index is -0.462. The number of carbonyl (C=O) groups is 1. The summed E-state index contributed by atoms with van der Waals surface area (Å²) in [6, 6.07) is 14.3. The fourth-order valence-corrected chi connectivity index (χ4v) is 3.41. The first-order valence-corrected chi connectivity index (χ1v) is 9.57. The number of fused-ring (bicyclic) bond motifs is 1. The van der Waals surface area contributed by atoms with Crippen molar-refractivity contribution < 1.29 is 18.7 Å². The van der Waals surface area contributed by atoms with Crippen LogP contribution in [0, 0.1) is 0 Å². The van der Waals surface area contributed by atoms with Crippen molar-refractivity contribution in [1.29, 1.82) is 0 Å². The van der Waals surface area contributed by atoms with Crippen molar-refractivity contribution in [3.8, 4) is 5.69 Å². The molecule has 4 rings (SSSR count). The number of para-hydroxylation sites is 2. The molecule has 0 aliphatic carbocycles. The van der Waals surface area contributed by atoms with Crippen molar-refractivity contribution in [2.24, 2.45) is 0 Å². The van der Waals surface area contributed by atoms with Gasteiger partial charge in [-0.3, -0.25) is 4.90 Å². The Labute approximate surface area is 171 Å². The summed E-state index contributed by atoms with van der Waals surface area (Å²) in [5.74, 6) is -0.462. The number of nitrogens with one attached hydrogen (secondary N) is 1. The second kappa shape index (κ2) is 7.96. The fraction of sp³-hybridized carbons (Fsp3) is 0.250. The standard InChI is InChI=1S/C20H19N3O5S/c1-2-26-18(29)21-11-15-12-22(19(24)27-15)13-7-9-14(10-8-13)23-16-5-3-4-6-17(16)28-20(23)25/h3-10,15H,2,11-12H2,1H3,(H,21,29)/t15-/m0/s1. The van der Waals surface area contributed by atoms with Gasteiger partial charge in [0.1, 0.15) is 6.10 Å². The normalized spacial score (nSPS) is 16.1. The molecule has 150 valence electrons. The molecule has 3 aromatic rings. The van der Waals surface area contributed by atoms with Crippen LogP contribution in [0.4, 0.5) is 10.5 Å². The van der Waals surface area contributed by atoms with Crippen LogP contribution in [0.15, 0.2) is 57.7 Å². The summed E-state index contributed by atoms with van der Waals surface area (Å²) >= 11 is 5.01. The van der Waals surface area contributed by atoms with Crippen LogP contribution < -0.4 is 16.0 Å². The number of benzene rings is 2. The van der Waals surface area contributed by atoms with Crippen molar-refractivity contribution in [2.45, 2.75) is 13.0 Å². The maximum atomic E-state index is 12.2. The average Bonchev–Trinajstić information content (AvgIpc) is 3.25. The number of hydrogen-bond acceptors (Lipinski definition) is 6. The van der Waals surface area contributed by atoms with E-state index in [1.807, 2.05) is 25.1 Å².